The van der Waals surface area contributed by atoms with Gasteiger partial charge >= 0.3 is 0 Å². The Labute approximate surface area is 91.3 Å². The van der Waals surface area contributed by atoms with Crippen LogP contribution >= 0.6 is 27.3 Å². The number of aryl methyl sites for hydroxylation is 1. The first-order valence-electron chi connectivity index (χ1n) is 4.48. The second kappa shape index (κ2) is 5.55. The molecule has 0 saturated carbocycles. The van der Waals surface area contributed by atoms with E-state index in [1.54, 1.807) is 11.3 Å². The molecular formula is C10H13BrOS. The molecule has 0 unspecified atom stereocenters. The van der Waals surface area contributed by atoms with Crippen LogP contribution in [0.1, 0.15) is 31.1 Å². The molecule has 0 radical (unpaired) electrons. The molecule has 1 aromatic rings. The molecule has 1 nitrogen and oxygen atoms in total. The molecule has 0 aliphatic rings. The van der Waals surface area contributed by atoms with E-state index in [-0.39, 0.29) is 0 Å². The van der Waals surface area contributed by atoms with Gasteiger partial charge in [0.1, 0.15) is 5.78 Å². The predicted molar refractivity (Wildman–Crippen MR) is 60.3 cm³/mol. The van der Waals surface area contributed by atoms with Crippen molar-refractivity contribution in [2.45, 2.75) is 32.6 Å². The van der Waals surface area contributed by atoms with Crippen molar-refractivity contribution in [3.8, 4) is 0 Å². The third-order valence-electron chi connectivity index (χ3n) is 1.81. The Morgan fingerprint density at radius 1 is 1.46 bits per heavy atom. The van der Waals surface area contributed by atoms with Crippen LogP contribution in [0.3, 0.4) is 0 Å². The minimum atomic E-state index is 0.382. The predicted octanol–water partition coefficient (Wildman–Crippen LogP) is 3.81. The Morgan fingerprint density at radius 2 is 2.23 bits per heavy atom. The highest BCUT2D eigenvalue weighted by atomic mass is 79.9. The van der Waals surface area contributed by atoms with Crippen LogP contribution in [0.4, 0.5) is 0 Å². The van der Waals surface area contributed by atoms with E-state index in [1.807, 2.05) is 13.0 Å². The van der Waals surface area contributed by atoms with E-state index in [1.165, 1.54) is 4.88 Å². The second-order valence-electron chi connectivity index (χ2n) is 2.99. The van der Waals surface area contributed by atoms with Gasteiger partial charge in [-0.25, -0.2) is 0 Å². The lowest BCUT2D eigenvalue weighted by Crippen LogP contribution is -1.97. The number of ketones is 1. The van der Waals surface area contributed by atoms with Crippen molar-refractivity contribution in [2.24, 2.45) is 0 Å². The maximum absolute atomic E-state index is 11.2. The average molecular weight is 261 g/mol. The highest BCUT2D eigenvalue weighted by molar-refractivity contribution is 9.11. The molecule has 0 aliphatic carbocycles. The van der Waals surface area contributed by atoms with Crippen LogP contribution in [0.15, 0.2) is 15.9 Å². The lowest BCUT2D eigenvalue weighted by Gasteiger charge is -1.96. The van der Waals surface area contributed by atoms with Crippen molar-refractivity contribution in [1.29, 1.82) is 0 Å². The lowest BCUT2D eigenvalue weighted by molar-refractivity contribution is -0.119. The molecule has 1 heterocycles. The maximum atomic E-state index is 11.2. The van der Waals surface area contributed by atoms with Gasteiger partial charge in [-0.1, -0.05) is 6.92 Å². The SMILES string of the molecule is CCCC(=O)CCc1ccc(Br)s1. The second-order valence-corrected chi connectivity index (χ2v) is 5.54. The fourth-order valence-corrected chi connectivity index (χ4v) is 2.64. The number of carbonyl (C=O) groups excluding carboxylic acids is 1. The smallest absolute Gasteiger partial charge is 0.133 e. The summed E-state index contributed by atoms with van der Waals surface area (Å²) in [7, 11) is 0. The Hall–Kier alpha value is -0.150. The van der Waals surface area contributed by atoms with E-state index >= 15 is 0 Å². The highest BCUT2D eigenvalue weighted by Gasteiger charge is 2.02. The number of halogens is 1. The number of thiophene rings is 1. The largest absolute Gasteiger partial charge is 0.300 e. The Balaban J connectivity index is 2.30. The third-order valence-corrected chi connectivity index (χ3v) is 3.49. The van der Waals surface area contributed by atoms with Crippen LogP contribution in [-0.2, 0) is 11.2 Å². The van der Waals surface area contributed by atoms with Gasteiger partial charge in [-0.05, 0) is 40.9 Å². The first kappa shape index (κ1) is 10.9. The lowest BCUT2D eigenvalue weighted by atomic mass is 10.1. The zero-order chi connectivity index (χ0) is 9.68. The van der Waals surface area contributed by atoms with Gasteiger partial charge in [-0.2, -0.15) is 0 Å². The van der Waals surface area contributed by atoms with Gasteiger partial charge in [0.25, 0.3) is 0 Å². The van der Waals surface area contributed by atoms with Crippen LogP contribution < -0.4 is 0 Å². The van der Waals surface area contributed by atoms with Gasteiger partial charge in [0.2, 0.25) is 0 Å². The van der Waals surface area contributed by atoms with E-state index in [0.29, 0.717) is 12.2 Å². The van der Waals surface area contributed by atoms with Gasteiger partial charge in [0, 0.05) is 17.7 Å². The number of rotatable bonds is 5. The van der Waals surface area contributed by atoms with Crippen LogP contribution in [0.5, 0.6) is 0 Å². The van der Waals surface area contributed by atoms with Crippen molar-refractivity contribution >= 4 is 33.0 Å². The highest BCUT2D eigenvalue weighted by Crippen LogP contribution is 2.23. The normalized spacial score (nSPS) is 10.3. The molecule has 13 heavy (non-hydrogen) atoms. The molecule has 3 heteroatoms. The van der Waals surface area contributed by atoms with Gasteiger partial charge < -0.3 is 0 Å². The quantitative estimate of drug-likeness (QED) is 0.787. The van der Waals surface area contributed by atoms with Gasteiger partial charge in [-0.15, -0.1) is 11.3 Å². The van der Waals surface area contributed by atoms with Crippen LogP contribution in [0, 0.1) is 0 Å². The molecule has 0 saturated heterocycles. The standard InChI is InChI=1S/C10H13BrOS/c1-2-3-8(12)4-5-9-6-7-10(11)13-9/h6-7H,2-5H2,1H3. The zero-order valence-electron chi connectivity index (χ0n) is 7.68. The molecule has 0 atom stereocenters. The minimum absolute atomic E-state index is 0.382. The summed E-state index contributed by atoms with van der Waals surface area (Å²) in [6, 6.07) is 4.11. The summed E-state index contributed by atoms with van der Waals surface area (Å²) >= 11 is 5.12. The van der Waals surface area contributed by atoms with Crippen LogP contribution in [0.25, 0.3) is 0 Å². The van der Waals surface area contributed by atoms with E-state index in [4.69, 9.17) is 0 Å². The molecule has 1 aromatic heterocycles. The summed E-state index contributed by atoms with van der Waals surface area (Å²) in [6.07, 6.45) is 3.29. The van der Waals surface area contributed by atoms with Gasteiger partial charge in [0.05, 0.1) is 3.79 Å². The third kappa shape index (κ3) is 4.05. The average Bonchev–Trinajstić information content (AvgIpc) is 2.49. The van der Waals surface area contributed by atoms with E-state index in [9.17, 15) is 4.79 Å². The first-order valence-corrected chi connectivity index (χ1v) is 6.09. The molecule has 0 bridgehead atoms. The van der Waals surface area contributed by atoms with Crippen molar-refractivity contribution in [1.82, 2.24) is 0 Å². The fourth-order valence-electron chi connectivity index (χ4n) is 1.15. The monoisotopic (exact) mass is 260 g/mol. The van der Waals surface area contributed by atoms with Gasteiger partial charge in [-0.3, -0.25) is 4.79 Å². The van der Waals surface area contributed by atoms with Crippen molar-refractivity contribution in [2.75, 3.05) is 0 Å². The molecule has 0 spiro atoms. The molecule has 0 N–H and O–H groups in total. The topological polar surface area (TPSA) is 17.1 Å². The first-order chi connectivity index (χ1) is 6.22. The molecule has 0 aromatic carbocycles. The molecule has 0 amide bonds. The maximum Gasteiger partial charge on any atom is 0.133 e. The summed E-state index contributed by atoms with van der Waals surface area (Å²) in [5, 5.41) is 0. The molecule has 0 fully saturated rings. The minimum Gasteiger partial charge on any atom is -0.300 e. The molecular weight excluding hydrogens is 248 g/mol. The van der Waals surface area contributed by atoms with E-state index < -0.39 is 0 Å². The van der Waals surface area contributed by atoms with E-state index in [2.05, 4.69) is 22.0 Å². The molecule has 72 valence electrons. The summed E-state index contributed by atoms with van der Waals surface area (Å²) in [4.78, 5) is 12.5. The van der Waals surface area contributed by atoms with Crippen molar-refractivity contribution in [3.63, 3.8) is 0 Å². The number of hydrogen-bond donors (Lipinski definition) is 0. The molecule has 0 aliphatic heterocycles. The summed E-state index contributed by atoms with van der Waals surface area (Å²) < 4.78 is 1.14. The summed E-state index contributed by atoms with van der Waals surface area (Å²) in [5.74, 6) is 0.382. The number of Topliss-reactive ketones (excluding diaryl/α,β-unsaturated/α-hetero) is 1. The Bertz CT molecular complexity index is 280. The number of hydrogen-bond acceptors (Lipinski definition) is 2. The number of carbonyl (C=O) groups is 1. The molecule has 1 rings (SSSR count). The van der Waals surface area contributed by atoms with Crippen LogP contribution in [0.2, 0.25) is 0 Å². The summed E-state index contributed by atoms with van der Waals surface area (Å²) in [5.41, 5.74) is 0. The van der Waals surface area contributed by atoms with Gasteiger partial charge in [0.15, 0.2) is 0 Å². The Kier molecular flexibility index (Phi) is 4.67. The summed E-state index contributed by atoms with van der Waals surface area (Å²) in [6.45, 7) is 2.04. The van der Waals surface area contributed by atoms with Crippen molar-refractivity contribution in [3.05, 3.63) is 20.8 Å². The van der Waals surface area contributed by atoms with E-state index in [0.717, 1.165) is 23.0 Å². The fraction of sp³-hybridized carbons (Fsp3) is 0.500. The van der Waals surface area contributed by atoms with Crippen LogP contribution in [-0.4, -0.2) is 5.78 Å². The van der Waals surface area contributed by atoms with Crippen molar-refractivity contribution < 1.29 is 4.79 Å². The zero-order valence-corrected chi connectivity index (χ0v) is 10.1. The Morgan fingerprint density at radius 3 is 2.77 bits per heavy atom.